The summed E-state index contributed by atoms with van der Waals surface area (Å²) in [5, 5.41) is 0. The van der Waals surface area contributed by atoms with Gasteiger partial charge in [-0.25, -0.2) is 8.78 Å². The third-order valence-corrected chi connectivity index (χ3v) is 3.97. The summed E-state index contributed by atoms with van der Waals surface area (Å²) in [6.07, 6.45) is 4.24. The van der Waals surface area contributed by atoms with E-state index in [9.17, 15) is 8.78 Å². The van der Waals surface area contributed by atoms with Crippen LogP contribution in [0.15, 0.2) is 0 Å². The first-order chi connectivity index (χ1) is 5.66. The molecule has 2 heteroatoms. The standard InChI is InChI=1S/C10H13F2/c11-10(12)8-2-6-1-7(4-8)5-9(10)3-6/h6,8-9H,1-5H2. The SMILES string of the molecule is FC1(F)C2C[C]3CC(C2)CC1C3. The van der Waals surface area contributed by atoms with Crippen LogP contribution >= 0.6 is 0 Å². The van der Waals surface area contributed by atoms with E-state index < -0.39 is 5.92 Å². The third-order valence-electron chi connectivity index (χ3n) is 3.97. The monoisotopic (exact) mass is 171 g/mol. The summed E-state index contributed by atoms with van der Waals surface area (Å²) < 4.78 is 27.0. The molecule has 4 aliphatic carbocycles. The molecule has 0 saturated heterocycles. The minimum atomic E-state index is -2.32. The maximum atomic E-state index is 13.5. The number of rotatable bonds is 0. The lowest BCUT2D eigenvalue weighted by molar-refractivity contribution is -0.176. The quantitative estimate of drug-likeness (QED) is 0.525. The average Bonchev–Trinajstić information content (AvgIpc) is 1.99. The fraction of sp³-hybridized carbons (Fsp3) is 0.900. The van der Waals surface area contributed by atoms with Gasteiger partial charge in [0.2, 0.25) is 0 Å². The number of hydrogen-bond acceptors (Lipinski definition) is 0. The van der Waals surface area contributed by atoms with Crippen molar-refractivity contribution < 1.29 is 8.78 Å². The Morgan fingerprint density at radius 2 is 1.58 bits per heavy atom. The Kier molecular flexibility index (Phi) is 1.23. The Hall–Kier alpha value is -0.140. The van der Waals surface area contributed by atoms with Crippen LogP contribution in [0, 0.1) is 23.7 Å². The van der Waals surface area contributed by atoms with Crippen LogP contribution in [0.1, 0.15) is 32.1 Å². The zero-order valence-electron chi connectivity index (χ0n) is 7.02. The minimum absolute atomic E-state index is 0.279. The van der Waals surface area contributed by atoms with Gasteiger partial charge in [0.15, 0.2) is 0 Å². The van der Waals surface area contributed by atoms with Gasteiger partial charge in [-0.3, -0.25) is 0 Å². The van der Waals surface area contributed by atoms with Crippen LogP contribution in [-0.2, 0) is 0 Å². The smallest absolute Gasteiger partial charge is 0.206 e. The van der Waals surface area contributed by atoms with Crippen molar-refractivity contribution in [2.24, 2.45) is 17.8 Å². The van der Waals surface area contributed by atoms with E-state index >= 15 is 0 Å². The first kappa shape index (κ1) is 7.28. The summed E-state index contributed by atoms with van der Waals surface area (Å²) in [6.45, 7) is 0. The molecule has 0 N–H and O–H groups in total. The second kappa shape index (κ2) is 2.02. The fourth-order valence-electron chi connectivity index (χ4n) is 3.51. The minimum Gasteiger partial charge on any atom is -0.206 e. The van der Waals surface area contributed by atoms with E-state index in [-0.39, 0.29) is 11.8 Å². The van der Waals surface area contributed by atoms with Gasteiger partial charge in [-0.1, -0.05) is 0 Å². The molecule has 0 aliphatic heterocycles. The molecule has 4 aliphatic rings. The highest BCUT2D eigenvalue weighted by molar-refractivity contribution is 5.14. The molecule has 0 amide bonds. The van der Waals surface area contributed by atoms with Crippen LogP contribution in [0.5, 0.6) is 0 Å². The van der Waals surface area contributed by atoms with Crippen LogP contribution in [0.2, 0.25) is 0 Å². The molecule has 1 radical (unpaired) electrons. The Bertz CT molecular complexity index is 180. The topological polar surface area (TPSA) is 0 Å². The normalized spacial score (nSPS) is 50.0. The van der Waals surface area contributed by atoms with E-state index in [4.69, 9.17) is 0 Å². The van der Waals surface area contributed by atoms with Crippen LogP contribution in [0.3, 0.4) is 0 Å². The third kappa shape index (κ3) is 0.763. The Balaban J connectivity index is 1.96. The molecule has 4 saturated carbocycles. The van der Waals surface area contributed by atoms with E-state index in [2.05, 4.69) is 0 Å². The molecule has 12 heavy (non-hydrogen) atoms. The highest BCUT2D eigenvalue weighted by Gasteiger charge is 2.58. The average molecular weight is 171 g/mol. The zero-order valence-corrected chi connectivity index (χ0v) is 7.02. The fourth-order valence-corrected chi connectivity index (χ4v) is 3.51. The van der Waals surface area contributed by atoms with Gasteiger partial charge in [0.05, 0.1) is 0 Å². The summed E-state index contributed by atoms with van der Waals surface area (Å²) in [7, 11) is 0. The van der Waals surface area contributed by atoms with E-state index in [1.165, 1.54) is 12.3 Å². The first-order valence-corrected chi connectivity index (χ1v) is 4.87. The van der Waals surface area contributed by atoms with Gasteiger partial charge >= 0.3 is 0 Å². The molecule has 2 unspecified atom stereocenters. The maximum absolute atomic E-state index is 13.5. The van der Waals surface area contributed by atoms with Gasteiger partial charge < -0.3 is 0 Å². The van der Waals surface area contributed by atoms with Crippen molar-refractivity contribution in [2.75, 3.05) is 0 Å². The molecule has 0 aromatic heterocycles. The van der Waals surface area contributed by atoms with E-state index in [1.54, 1.807) is 0 Å². The van der Waals surface area contributed by atoms with Crippen LogP contribution in [0.25, 0.3) is 0 Å². The summed E-state index contributed by atoms with van der Waals surface area (Å²) >= 11 is 0. The molecule has 0 aromatic carbocycles. The molecule has 0 spiro atoms. The number of alkyl halides is 2. The molecular formula is C10H13F2. The largest absolute Gasteiger partial charge is 0.253 e. The Labute approximate surface area is 71.3 Å². The molecule has 0 nitrogen and oxygen atoms in total. The molecule has 0 heterocycles. The van der Waals surface area contributed by atoms with Gasteiger partial charge in [-0.15, -0.1) is 0 Å². The van der Waals surface area contributed by atoms with Gasteiger partial charge in [-0.2, -0.15) is 0 Å². The van der Waals surface area contributed by atoms with E-state index in [0.29, 0.717) is 5.92 Å². The first-order valence-electron chi connectivity index (χ1n) is 4.87. The Morgan fingerprint density at radius 1 is 1.00 bits per heavy atom. The number of hydrogen-bond donors (Lipinski definition) is 0. The lowest BCUT2D eigenvalue weighted by Crippen LogP contribution is -2.51. The second-order valence-corrected chi connectivity index (χ2v) is 4.77. The maximum Gasteiger partial charge on any atom is 0.253 e. The molecule has 2 atom stereocenters. The van der Waals surface area contributed by atoms with Gasteiger partial charge in [-0.05, 0) is 43.9 Å². The van der Waals surface area contributed by atoms with Crippen molar-refractivity contribution in [3.63, 3.8) is 0 Å². The van der Waals surface area contributed by atoms with E-state index in [1.807, 2.05) is 0 Å². The van der Waals surface area contributed by atoms with Gasteiger partial charge in [0, 0.05) is 11.8 Å². The lowest BCUT2D eigenvalue weighted by Gasteiger charge is -2.53. The van der Waals surface area contributed by atoms with E-state index in [0.717, 1.165) is 25.7 Å². The highest BCUT2D eigenvalue weighted by atomic mass is 19.3. The van der Waals surface area contributed by atoms with Crippen molar-refractivity contribution in [2.45, 2.75) is 38.0 Å². The molecule has 4 rings (SSSR count). The summed E-state index contributed by atoms with van der Waals surface area (Å²) in [4.78, 5) is 0. The van der Waals surface area contributed by atoms with Crippen molar-refractivity contribution in [1.29, 1.82) is 0 Å². The van der Waals surface area contributed by atoms with Crippen molar-refractivity contribution in [3.05, 3.63) is 5.92 Å². The molecule has 4 fully saturated rings. The van der Waals surface area contributed by atoms with Crippen LogP contribution in [-0.4, -0.2) is 5.92 Å². The summed E-state index contributed by atoms with van der Waals surface area (Å²) in [6, 6.07) is 0. The highest BCUT2D eigenvalue weighted by Crippen LogP contribution is 2.60. The molecule has 67 valence electrons. The predicted molar refractivity (Wildman–Crippen MR) is 41.7 cm³/mol. The van der Waals surface area contributed by atoms with Crippen molar-refractivity contribution >= 4 is 0 Å². The zero-order chi connectivity index (χ0) is 8.34. The molecule has 4 bridgehead atoms. The molecular weight excluding hydrogens is 158 g/mol. The summed E-state index contributed by atoms with van der Waals surface area (Å²) in [5.74, 6) is -0.812. The lowest BCUT2D eigenvalue weighted by atomic mass is 9.54. The predicted octanol–water partition coefficient (Wildman–Crippen LogP) is 3.04. The number of halogens is 2. The van der Waals surface area contributed by atoms with Crippen molar-refractivity contribution in [1.82, 2.24) is 0 Å². The van der Waals surface area contributed by atoms with Crippen molar-refractivity contribution in [3.8, 4) is 0 Å². The second-order valence-electron chi connectivity index (χ2n) is 4.77. The van der Waals surface area contributed by atoms with Crippen LogP contribution < -0.4 is 0 Å². The molecule has 0 aromatic rings. The van der Waals surface area contributed by atoms with Gasteiger partial charge in [0.25, 0.3) is 5.92 Å². The van der Waals surface area contributed by atoms with Gasteiger partial charge in [0.1, 0.15) is 0 Å². The summed E-state index contributed by atoms with van der Waals surface area (Å²) in [5.41, 5.74) is 0. The van der Waals surface area contributed by atoms with Crippen LogP contribution in [0.4, 0.5) is 8.78 Å². The Morgan fingerprint density at radius 3 is 2.08 bits per heavy atom.